The standard InChI is InChI=1S/C15H17F2NO4/c1-8(22-9-5-6-11(16)12(17)7-9)14(19)18-13-4-2-3-10(13)15(20)21/h5-8,10,13H,2-4H2,1H3,(H,18,19)(H,20,21)/t8?,10-,13+/m0/s1. The Balaban J connectivity index is 1.94. The summed E-state index contributed by atoms with van der Waals surface area (Å²) < 4.78 is 31.1. The number of aliphatic carboxylic acids is 1. The Kier molecular flexibility index (Phi) is 4.95. The van der Waals surface area contributed by atoms with Gasteiger partial charge in [0.15, 0.2) is 17.7 Å². The average molecular weight is 313 g/mol. The van der Waals surface area contributed by atoms with Gasteiger partial charge in [0, 0.05) is 12.1 Å². The Morgan fingerprint density at radius 3 is 2.68 bits per heavy atom. The number of hydrogen-bond acceptors (Lipinski definition) is 3. The van der Waals surface area contributed by atoms with E-state index < -0.39 is 41.6 Å². The number of benzene rings is 1. The lowest BCUT2D eigenvalue weighted by Crippen LogP contribution is -2.45. The summed E-state index contributed by atoms with van der Waals surface area (Å²) in [6.07, 6.45) is 0.916. The van der Waals surface area contributed by atoms with Crippen LogP contribution in [0.5, 0.6) is 5.75 Å². The summed E-state index contributed by atoms with van der Waals surface area (Å²) in [7, 11) is 0. The topological polar surface area (TPSA) is 75.6 Å². The molecule has 0 radical (unpaired) electrons. The van der Waals surface area contributed by atoms with Crippen molar-refractivity contribution in [2.75, 3.05) is 0 Å². The van der Waals surface area contributed by atoms with E-state index in [1.807, 2.05) is 0 Å². The minimum atomic E-state index is -1.06. The fraction of sp³-hybridized carbons (Fsp3) is 0.467. The number of ether oxygens (including phenoxy) is 1. The molecule has 1 fully saturated rings. The first-order chi connectivity index (χ1) is 10.4. The molecule has 5 nitrogen and oxygen atoms in total. The Hall–Kier alpha value is -2.18. The summed E-state index contributed by atoms with van der Waals surface area (Å²) in [6, 6.07) is 2.56. The van der Waals surface area contributed by atoms with E-state index in [1.54, 1.807) is 0 Å². The third-order valence-corrected chi connectivity index (χ3v) is 3.73. The first-order valence-corrected chi connectivity index (χ1v) is 7.03. The Morgan fingerprint density at radius 2 is 2.05 bits per heavy atom. The van der Waals surface area contributed by atoms with E-state index in [2.05, 4.69) is 5.32 Å². The zero-order chi connectivity index (χ0) is 16.3. The molecule has 0 heterocycles. The van der Waals surface area contributed by atoms with Crippen molar-refractivity contribution in [1.82, 2.24) is 5.32 Å². The van der Waals surface area contributed by atoms with Gasteiger partial charge in [0.25, 0.3) is 5.91 Å². The van der Waals surface area contributed by atoms with Crippen LogP contribution in [0.1, 0.15) is 26.2 Å². The highest BCUT2D eigenvalue weighted by Crippen LogP contribution is 2.26. The predicted molar refractivity (Wildman–Crippen MR) is 73.4 cm³/mol. The quantitative estimate of drug-likeness (QED) is 0.873. The first-order valence-electron chi connectivity index (χ1n) is 7.03. The van der Waals surface area contributed by atoms with E-state index in [9.17, 15) is 18.4 Å². The minimum Gasteiger partial charge on any atom is -0.481 e. The second kappa shape index (κ2) is 6.72. The third kappa shape index (κ3) is 3.72. The van der Waals surface area contributed by atoms with E-state index in [4.69, 9.17) is 9.84 Å². The maximum absolute atomic E-state index is 13.1. The number of carboxylic acids is 1. The van der Waals surface area contributed by atoms with Crippen molar-refractivity contribution in [2.24, 2.45) is 5.92 Å². The Bertz CT molecular complexity index is 579. The Labute approximate surface area is 126 Å². The van der Waals surface area contributed by atoms with E-state index in [0.717, 1.165) is 18.6 Å². The van der Waals surface area contributed by atoms with Gasteiger partial charge in [-0.25, -0.2) is 8.78 Å². The average Bonchev–Trinajstić information content (AvgIpc) is 2.91. The molecule has 0 saturated heterocycles. The highest BCUT2D eigenvalue weighted by molar-refractivity contribution is 5.82. The third-order valence-electron chi connectivity index (χ3n) is 3.73. The number of rotatable bonds is 5. The highest BCUT2D eigenvalue weighted by atomic mass is 19.2. The molecule has 1 amide bonds. The summed E-state index contributed by atoms with van der Waals surface area (Å²) in [6.45, 7) is 1.46. The molecule has 1 aliphatic rings. The number of nitrogens with one attached hydrogen (secondary N) is 1. The lowest BCUT2D eigenvalue weighted by molar-refractivity contribution is -0.142. The van der Waals surface area contributed by atoms with Crippen LogP contribution in [0.25, 0.3) is 0 Å². The normalized spacial score (nSPS) is 22.1. The smallest absolute Gasteiger partial charge is 0.308 e. The van der Waals surface area contributed by atoms with Crippen molar-refractivity contribution in [1.29, 1.82) is 0 Å². The van der Waals surface area contributed by atoms with Gasteiger partial charge in [0.2, 0.25) is 0 Å². The second-order valence-electron chi connectivity index (χ2n) is 5.33. The van der Waals surface area contributed by atoms with Crippen LogP contribution >= 0.6 is 0 Å². The molecule has 1 unspecified atom stereocenters. The largest absolute Gasteiger partial charge is 0.481 e. The summed E-state index contributed by atoms with van der Waals surface area (Å²) in [4.78, 5) is 23.1. The van der Waals surface area contributed by atoms with Crippen LogP contribution in [0.4, 0.5) is 8.78 Å². The number of halogens is 2. The van der Waals surface area contributed by atoms with Crippen LogP contribution in [0.15, 0.2) is 18.2 Å². The van der Waals surface area contributed by atoms with Crippen LogP contribution in [-0.2, 0) is 9.59 Å². The van der Waals surface area contributed by atoms with Gasteiger partial charge in [-0.2, -0.15) is 0 Å². The van der Waals surface area contributed by atoms with Gasteiger partial charge >= 0.3 is 5.97 Å². The number of carbonyl (C=O) groups excluding carboxylic acids is 1. The molecule has 0 aromatic heterocycles. The van der Waals surface area contributed by atoms with Crippen molar-refractivity contribution < 1.29 is 28.2 Å². The maximum atomic E-state index is 13.1. The first kappa shape index (κ1) is 16.2. The molecule has 2 rings (SSSR count). The minimum absolute atomic E-state index is 0.0303. The Morgan fingerprint density at radius 1 is 1.32 bits per heavy atom. The highest BCUT2D eigenvalue weighted by Gasteiger charge is 2.34. The molecule has 1 aromatic rings. The molecule has 0 spiro atoms. The van der Waals surface area contributed by atoms with E-state index >= 15 is 0 Å². The van der Waals surface area contributed by atoms with Gasteiger partial charge in [0.1, 0.15) is 5.75 Å². The molecule has 1 saturated carbocycles. The van der Waals surface area contributed by atoms with Crippen molar-refractivity contribution in [3.8, 4) is 5.75 Å². The van der Waals surface area contributed by atoms with Crippen LogP contribution in [-0.4, -0.2) is 29.1 Å². The number of amides is 1. The number of carbonyl (C=O) groups is 2. The molecule has 7 heteroatoms. The number of carboxylic acid groups (broad SMARTS) is 1. The van der Waals surface area contributed by atoms with Gasteiger partial charge in [-0.15, -0.1) is 0 Å². The molecular weight excluding hydrogens is 296 g/mol. The fourth-order valence-corrected chi connectivity index (χ4v) is 2.54. The fourth-order valence-electron chi connectivity index (χ4n) is 2.54. The summed E-state index contributed by atoms with van der Waals surface area (Å²) in [5.41, 5.74) is 0. The lowest BCUT2D eigenvalue weighted by Gasteiger charge is -2.21. The molecular formula is C15H17F2NO4. The zero-order valence-electron chi connectivity index (χ0n) is 12.0. The van der Waals surface area contributed by atoms with Gasteiger partial charge in [-0.3, -0.25) is 9.59 Å². The van der Waals surface area contributed by atoms with Crippen molar-refractivity contribution in [3.63, 3.8) is 0 Å². The number of hydrogen-bond donors (Lipinski definition) is 2. The lowest BCUT2D eigenvalue weighted by atomic mass is 10.0. The molecule has 0 aliphatic heterocycles. The van der Waals surface area contributed by atoms with Crippen molar-refractivity contribution >= 4 is 11.9 Å². The zero-order valence-corrected chi connectivity index (χ0v) is 12.0. The van der Waals surface area contributed by atoms with Crippen LogP contribution in [0.2, 0.25) is 0 Å². The van der Waals surface area contributed by atoms with Crippen LogP contribution in [0.3, 0.4) is 0 Å². The maximum Gasteiger partial charge on any atom is 0.308 e. The van der Waals surface area contributed by atoms with Gasteiger partial charge < -0.3 is 15.2 Å². The second-order valence-corrected chi connectivity index (χ2v) is 5.33. The van der Waals surface area contributed by atoms with E-state index in [-0.39, 0.29) is 5.75 Å². The summed E-state index contributed by atoms with van der Waals surface area (Å²) >= 11 is 0. The molecule has 0 bridgehead atoms. The van der Waals surface area contributed by atoms with E-state index in [1.165, 1.54) is 13.0 Å². The monoisotopic (exact) mass is 313 g/mol. The molecule has 1 aliphatic carbocycles. The molecule has 1 aromatic carbocycles. The SMILES string of the molecule is CC(Oc1ccc(F)c(F)c1)C(=O)N[C@@H]1CCC[C@@H]1C(=O)O. The summed E-state index contributed by atoms with van der Waals surface area (Å²) in [5, 5.41) is 11.7. The molecule has 3 atom stereocenters. The van der Waals surface area contributed by atoms with Crippen molar-refractivity contribution in [2.45, 2.75) is 38.3 Å². The van der Waals surface area contributed by atoms with Crippen LogP contribution in [0, 0.1) is 17.6 Å². The van der Waals surface area contributed by atoms with Gasteiger partial charge in [-0.05, 0) is 31.9 Å². The van der Waals surface area contributed by atoms with E-state index in [0.29, 0.717) is 12.8 Å². The molecule has 22 heavy (non-hydrogen) atoms. The van der Waals surface area contributed by atoms with Crippen molar-refractivity contribution in [3.05, 3.63) is 29.8 Å². The van der Waals surface area contributed by atoms with Crippen LogP contribution < -0.4 is 10.1 Å². The van der Waals surface area contributed by atoms with Gasteiger partial charge in [-0.1, -0.05) is 6.42 Å². The molecule has 120 valence electrons. The van der Waals surface area contributed by atoms with Gasteiger partial charge in [0.05, 0.1) is 5.92 Å². The predicted octanol–water partition coefficient (Wildman–Crippen LogP) is 2.10. The summed E-state index contributed by atoms with van der Waals surface area (Å²) in [5.74, 6) is -4.05. The molecule has 2 N–H and O–H groups in total.